The molecular weight excluding hydrogens is 555 g/mol. The number of nitrogens with zero attached hydrogens (tertiary/aromatic N) is 5. The first-order valence-corrected chi connectivity index (χ1v) is 13.5. The summed E-state index contributed by atoms with van der Waals surface area (Å²) in [7, 11) is 3.80. The third-order valence-corrected chi connectivity index (χ3v) is 7.01. The molecule has 2 aliphatic rings. The summed E-state index contributed by atoms with van der Waals surface area (Å²) in [6.07, 6.45) is -1.16. The molecule has 0 saturated heterocycles. The number of benzene rings is 1. The van der Waals surface area contributed by atoms with Gasteiger partial charge in [0.1, 0.15) is 31.2 Å². The summed E-state index contributed by atoms with van der Waals surface area (Å²) in [4.78, 5) is 29.4. The zero-order valence-electron chi connectivity index (χ0n) is 23.3. The van der Waals surface area contributed by atoms with Crippen molar-refractivity contribution in [2.75, 3.05) is 70.7 Å². The molecule has 0 radical (unpaired) electrons. The van der Waals surface area contributed by atoms with Gasteiger partial charge in [0, 0.05) is 62.2 Å². The largest absolute Gasteiger partial charge is 0.486 e. The van der Waals surface area contributed by atoms with Crippen molar-refractivity contribution in [1.82, 2.24) is 24.8 Å². The summed E-state index contributed by atoms with van der Waals surface area (Å²) < 4.78 is 56.0. The average Bonchev–Trinajstić information content (AvgIpc) is 3.37. The number of pyridine rings is 1. The van der Waals surface area contributed by atoms with Crippen LogP contribution in [-0.4, -0.2) is 90.8 Å². The summed E-state index contributed by atoms with van der Waals surface area (Å²) in [5.74, 6) is 1.94. The van der Waals surface area contributed by atoms with Crippen molar-refractivity contribution in [2.24, 2.45) is 0 Å². The second-order valence-corrected chi connectivity index (χ2v) is 10.1. The first-order chi connectivity index (χ1) is 20.2. The lowest BCUT2D eigenvalue weighted by molar-refractivity contribution is -0.137. The minimum atomic E-state index is -4.50. The molecule has 1 amide bonds. The number of hydrogen-bond acceptors (Lipinski definition) is 10. The van der Waals surface area contributed by atoms with E-state index in [0.29, 0.717) is 29.5 Å². The molecule has 0 spiro atoms. The molecule has 3 aromatic rings. The van der Waals surface area contributed by atoms with Crippen molar-refractivity contribution in [3.05, 3.63) is 54.0 Å². The minimum absolute atomic E-state index is 0.00477. The fourth-order valence-corrected chi connectivity index (χ4v) is 4.84. The Morgan fingerprint density at radius 2 is 1.86 bits per heavy atom. The molecule has 11 nitrogen and oxygen atoms in total. The molecule has 1 unspecified atom stereocenters. The fraction of sp³-hybridized carbons (Fsp3) is 0.429. The van der Waals surface area contributed by atoms with Gasteiger partial charge in [-0.1, -0.05) is 0 Å². The Balaban J connectivity index is 1.33. The van der Waals surface area contributed by atoms with E-state index in [2.05, 4.69) is 37.5 Å². The monoisotopic (exact) mass is 587 g/mol. The molecule has 0 saturated carbocycles. The van der Waals surface area contributed by atoms with E-state index in [9.17, 15) is 18.0 Å². The summed E-state index contributed by atoms with van der Waals surface area (Å²) in [6, 6.07) is 6.88. The normalized spacial score (nSPS) is 18.0. The van der Waals surface area contributed by atoms with E-state index in [1.807, 2.05) is 0 Å². The van der Waals surface area contributed by atoms with E-state index in [0.717, 1.165) is 55.8 Å². The van der Waals surface area contributed by atoms with Gasteiger partial charge in [0.2, 0.25) is 5.88 Å². The quantitative estimate of drug-likeness (QED) is 0.428. The Bertz CT molecular complexity index is 1410. The number of alkyl halides is 3. The summed E-state index contributed by atoms with van der Waals surface area (Å²) in [5, 5.41) is 6.73. The van der Waals surface area contributed by atoms with Gasteiger partial charge in [0.25, 0.3) is 5.91 Å². The van der Waals surface area contributed by atoms with E-state index in [-0.39, 0.29) is 37.5 Å². The SMILES string of the molecule is CN1CCCN(C)C(=O)COc2cc(ccc2OCCOc2cc(C(F)(F)F)ccn2)Nc2ncnc3c2C(CN3)C1. The number of rotatable bonds is 5. The van der Waals surface area contributed by atoms with Gasteiger partial charge in [0.15, 0.2) is 18.1 Å². The van der Waals surface area contributed by atoms with Crippen LogP contribution in [0.3, 0.4) is 0 Å². The first kappa shape index (κ1) is 29.2. The predicted octanol–water partition coefficient (Wildman–Crippen LogP) is 3.77. The molecule has 224 valence electrons. The molecule has 5 rings (SSSR count). The van der Waals surface area contributed by atoms with E-state index in [1.165, 1.54) is 6.33 Å². The van der Waals surface area contributed by atoms with Crippen molar-refractivity contribution in [2.45, 2.75) is 18.5 Å². The van der Waals surface area contributed by atoms with Gasteiger partial charge in [0.05, 0.1) is 5.56 Å². The molecule has 2 N–H and O–H groups in total. The number of ether oxygens (including phenoxy) is 3. The Kier molecular flexibility index (Phi) is 8.80. The van der Waals surface area contributed by atoms with Gasteiger partial charge >= 0.3 is 6.18 Å². The topological polar surface area (TPSA) is 114 Å². The highest BCUT2D eigenvalue weighted by Crippen LogP contribution is 2.38. The highest BCUT2D eigenvalue weighted by Gasteiger charge is 2.31. The summed E-state index contributed by atoms with van der Waals surface area (Å²) in [5.41, 5.74) is 0.817. The average molecular weight is 588 g/mol. The molecule has 4 heterocycles. The molecule has 14 heteroatoms. The summed E-state index contributed by atoms with van der Waals surface area (Å²) in [6.45, 7) is 2.66. The van der Waals surface area contributed by atoms with Crippen molar-refractivity contribution >= 4 is 23.2 Å². The second kappa shape index (κ2) is 12.7. The maximum atomic E-state index is 13.0. The second-order valence-electron chi connectivity index (χ2n) is 10.1. The highest BCUT2D eigenvalue weighted by molar-refractivity contribution is 5.77. The number of fused-ring (bicyclic) bond motifs is 2. The van der Waals surface area contributed by atoms with Crippen LogP contribution in [0.25, 0.3) is 0 Å². The van der Waals surface area contributed by atoms with E-state index in [4.69, 9.17) is 14.2 Å². The Labute approximate surface area is 241 Å². The van der Waals surface area contributed by atoms with Gasteiger partial charge in [-0.05, 0) is 38.2 Å². The van der Waals surface area contributed by atoms with Gasteiger partial charge in [-0.2, -0.15) is 13.2 Å². The van der Waals surface area contributed by atoms with Crippen LogP contribution < -0.4 is 24.8 Å². The van der Waals surface area contributed by atoms with Crippen molar-refractivity contribution in [3.63, 3.8) is 0 Å². The van der Waals surface area contributed by atoms with Gasteiger partial charge in [-0.3, -0.25) is 4.79 Å². The standard InChI is InChI=1S/C28H32F3N7O4/c1-37-8-3-9-38(2)24(39)16-42-22-13-20(36-27-25-18(15-37)14-33-26(25)34-17-35-27)4-5-21(22)40-10-11-41-23-12-19(6-7-32-23)28(29,30)31/h4-7,12-13,17-18H,3,8-11,14-16H2,1-2H3,(H2,33,34,35,36). The number of halogens is 3. The fourth-order valence-electron chi connectivity index (χ4n) is 4.84. The predicted molar refractivity (Wildman–Crippen MR) is 148 cm³/mol. The lowest BCUT2D eigenvalue weighted by Gasteiger charge is -2.24. The lowest BCUT2D eigenvalue weighted by Crippen LogP contribution is -2.34. The number of carbonyl (C=O) groups excluding carboxylic acids is 1. The van der Waals surface area contributed by atoms with Crippen molar-refractivity contribution in [1.29, 1.82) is 0 Å². The summed E-state index contributed by atoms with van der Waals surface area (Å²) >= 11 is 0. The third-order valence-electron chi connectivity index (χ3n) is 7.01. The molecule has 1 aromatic carbocycles. The maximum absolute atomic E-state index is 13.0. The number of amides is 1. The van der Waals surface area contributed by atoms with E-state index in [1.54, 1.807) is 30.1 Å². The minimum Gasteiger partial charge on any atom is -0.486 e. The number of nitrogens with one attached hydrogen (secondary N) is 2. The molecular formula is C28H32F3N7O4. The zero-order chi connectivity index (χ0) is 29.7. The maximum Gasteiger partial charge on any atom is 0.416 e. The molecule has 0 fully saturated rings. The number of likely N-dealkylation sites (N-methyl/N-ethyl adjacent to an activating group) is 2. The molecule has 0 aliphatic carbocycles. The van der Waals surface area contributed by atoms with Crippen LogP contribution in [0, 0.1) is 0 Å². The smallest absolute Gasteiger partial charge is 0.416 e. The molecule has 2 aliphatic heterocycles. The van der Waals surface area contributed by atoms with Crippen molar-refractivity contribution in [3.8, 4) is 17.4 Å². The Hall–Kier alpha value is -4.33. The van der Waals surface area contributed by atoms with Gasteiger partial charge in [-0.25, -0.2) is 15.0 Å². The molecule has 1 atom stereocenters. The number of hydrogen-bond donors (Lipinski definition) is 2. The van der Waals surface area contributed by atoms with Crippen LogP contribution in [0.15, 0.2) is 42.9 Å². The number of carbonyl (C=O) groups is 1. The van der Waals surface area contributed by atoms with Crippen LogP contribution in [0.4, 0.5) is 30.5 Å². The Morgan fingerprint density at radius 1 is 1.05 bits per heavy atom. The van der Waals surface area contributed by atoms with E-state index < -0.39 is 11.7 Å². The molecule has 2 aromatic heterocycles. The zero-order valence-corrected chi connectivity index (χ0v) is 23.3. The van der Waals surface area contributed by atoms with Crippen LogP contribution in [0.2, 0.25) is 0 Å². The Morgan fingerprint density at radius 3 is 2.69 bits per heavy atom. The first-order valence-electron chi connectivity index (χ1n) is 13.5. The van der Waals surface area contributed by atoms with Gasteiger partial charge in [-0.15, -0.1) is 0 Å². The lowest BCUT2D eigenvalue weighted by atomic mass is 10.0. The number of aromatic nitrogens is 3. The third kappa shape index (κ3) is 7.11. The highest BCUT2D eigenvalue weighted by atomic mass is 19.4. The van der Waals surface area contributed by atoms with Gasteiger partial charge < -0.3 is 34.6 Å². The van der Waals surface area contributed by atoms with Crippen LogP contribution in [-0.2, 0) is 11.0 Å². The van der Waals surface area contributed by atoms with Crippen LogP contribution in [0.1, 0.15) is 23.5 Å². The van der Waals surface area contributed by atoms with Crippen LogP contribution >= 0.6 is 0 Å². The van der Waals surface area contributed by atoms with Crippen LogP contribution in [0.5, 0.6) is 17.4 Å². The van der Waals surface area contributed by atoms with E-state index >= 15 is 0 Å². The van der Waals surface area contributed by atoms with Crippen molar-refractivity contribution < 1.29 is 32.2 Å². The molecule has 42 heavy (non-hydrogen) atoms. The number of anilines is 3. The molecule has 2 bridgehead atoms.